The number of nitrogens with zero attached hydrogens (tertiary/aromatic N) is 1. The third kappa shape index (κ3) is 1.52. The van der Waals surface area contributed by atoms with Gasteiger partial charge in [-0.15, -0.1) is 0 Å². The van der Waals surface area contributed by atoms with E-state index in [1.807, 2.05) is 13.8 Å². The van der Waals surface area contributed by atoms with E-state index in [4.69, 9.17) is 5.73 Å². The SMILES string of the molecule is CC(C)c1cnc(C2(N)CC2)c(F)c1. The standard InChI is InChI=1S/C11H15FN2/c1-7(2)8-5-9(12)10(14-6-8)11(13)3-4-11/h5-7H,3-4,13H2,1-2H3. The molecule has 1 saturated carbocycles. The maximum Gasteiger partial charge on any atom is 0.146 e. The zero-order valence-electron chi connectivity index (χ0n) is 8.55. The molecule has 0 spiro atoms. The maximum atomic E-state index is 13.6. The van der Waals surface area contributed by atoms with Gasteiger partial charge in [0.1, 0.15) is 5.82 Å². The lowest BCUT2D eigenvalue weighted by atomic mass is 10.0. The lowest BCUT2D eigenvalue weighted by Crippen LogP contribution is -2.22. The van der Waals surface area contributed by atoms with E-state index in [9.17, 15) is 4.39 Å². The van der Waals surface area contributed by atoms with E-state index in [0.29, 0.717) is 11.6 Å². The van der Waals surface area contributed by atoms with Gasteiger partial charge >= 0.3 is 0 Å². The van der Waals surface area contributed by atoms with E-state index in [1.165, 1.54) is 0 Å². The van der Waals surface area contributed by atoms with Gasteiger partial charge in [0.15, 0.2) is 0 Å². The second-order valence-electron chi connectivity index (χ2n) is 4.41. The fourth-order valence-corrected chi connectivity index (χ4v) is 1.51. The number of hydrogen-bond acceptors (Lipinski definition) is 2. The van der Waals surface area contributed by atoms with Crippen LogP contribution >= 0.6 is 0 Å². The van der Waals surface area contributed by atoms with Crippen molar-refractivity contribution in [1.29, 1.82) is 0 Å². The van der Waals surface area contributed by atoms with Crippen molar-refractivity contribution in [3.05, 3.63) is 29.3 Å². The lowest BCUT2D eigenvalue weighted by Gasteiger charge is -2.11. The molecule has 1 fully saturated rings. The van der Waals surface area contributed by atoms with E-state index < -0.39 is 5.54 Å². The Morgan fingerprint density at radius 2 is 2.14 bits per heavy atom. The molecule has 0 atom stereocenters. The van der Waals surface area contributed by atoms with Crippen LogP contribution in [0.2, 0.25) is 0 Å². The molecule has 76 valence electrons. The molecule has 0 bridgehead atoms. The van der Waals surface area contributed by atoms with Crippen molar-refractivity contribution in [3.63, 3.8) is 0 Å². The fraction of sp³-hybridized carbons (Fsp3) is 0.545. The molecule has 0 amide bonds. The van der Waals surface area contributed by atoms with Crippen LogP contribution in [-0.4, -0.2) is 4.98 Å². The number of rotatable bonds is 2. The summed E-state index contributed by atoms with van der Waals surface area (Å²) in [5.41, 5.74) is 6.78. The minimum absolute atomic E-state index is 0.254. The molecule has 0 aliphatic heterocycles. The molecule has 2 nitrogen and oxygen atoms in total. The van der Waals surface area contributed by atoms with Crippen LogP contribution < -0.4 is 5.73 Å². The van der Waals surface area contributed by atoms with Crippen molar-refractivity contribution in [3.8, 4) is 0 Å². The number of hydrogen-bond donors (Lipinski definition) is 1. The first-order chi connectivity index (χ1) is 6.53. The molecule has 1 aliphatic rings. The van der Waals surface area contributed by atoms with Gasteiger partial charge in [-0.05, 0) is 30.4 Å². The predicted molar refractivity (Wildman–Crippen MR) is 53.4 cm³/mol. The molecule has 14 heavy (non-hydrogen) atoms. The van der Waals surface area contributed by atoms with Gasteiger partial charge in [0.05, 0.1) is 11.2 Å². The normalized spacial score (nSPS) is 18.6. The highest BCUT2D eigenvalue weighted by molar-refractivity contribution is 5.27. The molecule has 1 aromatic heterocycles. The summed E-state index contributed by atoms with van der Waals surface area (Å²) in [4.78, 5) is 4.13. The molecule has 0 unspecified atom stereocenters. The van der Waals surface area contributed by atoms with Crippen LogP contribution in [0.4, 0.5) is 4.39 Å². The Morgan fingerprint density at radius 3 is 2.57 bits per heavy atom. The largest absolute Gasteiger partial charge is 0.320 e. The maximum absolute atomic E-state index is 13.6. The Kier molecular flexibility index (Phi) is 2.07. The van der Waals surface area contributed by atoms with Crippen molar-refractivity contribution in [1.82, 2.24) is 4.98 Å². The summed E-state index contributed by atoms with van der Waals surface area (Å²) in [6, 6.07) is 1.56. The topological polar surface area (TPSA) is 38.9 Å². The summed E-state index contributed by atoms with van der Waals surface area (Å²) < 4.78 is 13.6. The molecule has 3 heteroatoms. The van der Waals surface area contributed by atoms with E-state index in [-0.39, 0.29) is 5.82 Å². The smallest absolute Gasteiger partial charge is 0.146 e. The van der Waals surface area contributed by atoms with E-state index >= 15 is 0 Å². The molecule has 0 aromatic carbocycles. The Hall–Kier alpha value is -0.960. The number of pyridine rings is 1. The van der Waals surface area contributed by atoms with Gasteiger partial charge in [-0.3, -0.25) is 4.98 Å². The summed E-state index contributed by atoms with van der Waals surface area (Å²) in [5, 5.41) is 0. The second kappa shape index (κ2) is 3.02. The minimum Gasteiger partial charge on any atom is -0.320 e. The van der Waals surface area contributed by atoms with Crippen molar-refractivity contribution in [2.75, 3.05) is 0 Å². The third-order valence-electron chi connectivity index (χ3n) is 2.79. The Labute approximate surface area is 83.3 Å². The highest BCUT2D eigenvalue weighted by Crippen LogP contribution is 2.42. The molecule has 1 heterocycles. The van der Waals surface area contributed by atoms with Crippen LogP contribution in [0.3, 0.4) is 0 Å². The Morgan fingerprint density at radius 1 is 1.50 bits per heavy atom. The minimum atomic E-state index is -0.473. The number of aromatic nitrogens is 1. The van der Waals surface area contributed by atoms with Gasteiger partial charge in [0.25, 0.3) is 0 Å². The molecule has 2 rings (SSSR count). The molecule has 0 radical (unpaired) electrons. The van der Waals surface area contributed by atoms with Crippen LogP contribution in [-0.2, 0) is 5.54 Å². The van der Waals surface area contributed by atoms with Crippen molar-refractivity contribution in [2.45, 2.75) is 38.1 Å². The van der Waals surface area contributed by atoms with Crippen LogP contribution in [0.5, 0.6) is 0 Å². The summed E-state index contributed by atoms with van der Waals surface area (Å²) in [6.45, 7) is 4.04. The van der Waals surface area contributed by atoms with E-state index in [0.717, 1.165) is 18.4 Å². The monoisotopic (exact) mass is 194 g/mol. The quantitative estimate of drug-likeness (QED) is 0.784. The Bertz CT molecular complexity index is 356. The van der Waals surface area contributed by atoms with Gasteiger partial charge < -0.3 is 5.73 Å². The van der Waals surface area contributed by atoms with Crippen LogP contribution in [0.15, 0.2) is 12.3 Å². The Balaban J connectivity index is 2.37. The second-order valence-corrected chi connectivity index (χ2v) is 4.41. The highest BCUT2D eigenvalue weighted by atomic mass is 19.1. The molecule has 1 aromatic rings. The summed E-state index contributed by atoms with van der Waals surface area (Å²) in [5.74, 6) is 0.0511. The van der Waals surface area contributed by atoms with E-state index in [2.05, 4.69) is 4.98 Å². The molecular weight excluding hydrogens is 179 g/mol. The van der Waals surface area contributed by atoms with Crippen LogP contribution in [0.1, 0.15) is 43.9 Å². The number of nitrogens with two attached hydrogens (primary N) is 1. The van der Waals surface area contributed by atoms with Gasteiger partial charge in [0.2, 0.25) is 0 Å². The molecule has 2 N–H and O–H groups in total. The molecule has 1 aliphatic carbocycles. The van der Waals surface area contributed by atoms with Crippen molar-refractivity contribution >= 4 is 0 Å². The van der Waals surface area contributed by atoms with E-state index in [1.54, 1.807) is 12.3 Å². The van der Waals surface area contributed by atoms with Crippen LogP contribution in [0.25, 0.3) is 0 Å². The molecular formula is C11H15FN2. The van der Waals surface area contributed by atoms with Gasteiger partial charge in [-0.1, -0.05) is 13.8 Å². The first-order valence-corrected chi connectivity index (χ1v) is 4.98. The van der Waals surface area contributed by atoms with Gasteiger partial charge in [-0.25, -0.2) is 4.39 Å². The third-order valence-corrected chi connectivity index (χ3v) is 2.79. The zero-order chi connectivity index (χ0) is 10.3. The zero-order valence-corrected chi connectivity index (χ0v) is 8.55. The van der Waals surface area contributed by atoms with Crippen molar-refractivity contribution in [2.24, 2.45) is 5.73 Å². The first-order valence-electron chi connectivity index (χ1n) is 4.98. The fourth-order valence-electron chi connectivity index (χ4n) is 1.51. The summed E-state index contributed by atoms with van der Waals surface area (Å²) >= 11 is 0. The van der Waals surface area contributed by atoms with Gasteiger partial charge in [-0.2, -0.15) is 0 Å². The highest BCUT2D eigenvalue weighted by Gasteiger charge is 2.43. The predicted octanol–water partition coefficient (Wildman–Crippen LogP) is 2.29. The van der Waals surface area contributed by atoms with Crippen LogP contribution in [0, 0.1) is 5.82 Å². The van der Waals surface area contributed by atoms with Gasteiger partial charge in [0, 0.05) is 6.20 Å². The summed E-state index contributed by atoms with van der Waals surface area (Å²) in [7, 11) is 0. The molecule has 0 saturated heterocycles. The first kappa shape index (κ1) is 9.59. The number of halogens is 1. The average molecular weight is 194 g/mol. The average Bonchev–Trinajstić information content (AvgIpc) is 2.84. The lowest BCUT2D eigenvalue weighted by molar-refractivity contribution is 0.556. The summed E-state index contributed by atoms with van der Waals surface area (Å²) in [6.07, 6.45) is 3.42. The van der Waals surface area contributed by atoms with Crippen molar-refractivity contribution < 1.29 is 4.39 Å².